The van der Waals surface area contributed by atoms with Gasteiger partial charge in [-0.25, -0.2) is 0 Å². The molecule has 3 heterocycles. The van der Waals surface area contributed by atoms with Crippen molar-refractivity contribution in [2.24, 2.45) is 0 Å². The van der Waals surface area contributed by atoms with E-state index in [1.165, 1.54) is 0 Å². The minimum absolute atomic E-state index is 0.0884. The molecule has 1 amide bonds. The Morgan fingerprint density at radius 1 is 1.30 bits per heavy atom. The summed E-state index contributed by atoms with van der Waals surface area (Å²) in [4.78, 5) is 13.4. The molecule has 2 aliphatic rings. The van der Waals surface area contributed by atoms with Gasteiger partial charge in [-0.3, -0.25) is 4.79 Å². The summed E-state index contributed by atoms with van der Waals surface area (Å²) in [6.45, 7) is -0.169. The highest BCUT2D eigenvalue weighted by atomic mass is 19.4. The van der Waals surface area contributed by atoms with Crippen LogP contribution >= 0.6 is 0 Å². The van der Waals surface area contributed by atoms with Gasteiger partial charge in [0.05, 0.1) is 31.4 Å². The summed E-state index contributed by atoms with van der Waals surface area (Å²) in [7, 11) is 0. The molecule has 6 nitrogen and oxygen atoms in total. The number of hydrogen-bond donors (Lipinski definition) is 0. The fourth-order valence-corrected chi connectivity index (χ4v) is 2.86. The van der Waals surface area contributed by atoms with Gasteiger partial charge in [0.2, 0.25) is 0 Å². The molecule has 23 heavy (non-hydrogen) atoms. The summed E-state index contributed by atoms with van der Waals surface area (Å²) in [6, 6.07) is -0.616. The van der Waals surface area contributed by atoms with Gasteiger partial charge in [-0.1, -0.05) is 5.16 Å². The number of hydrogen-bond acceptors (Lipinski definition) is 5. The lowest BCUT2D eigenvalue weighted by atomic mass is 10.1. The smallest absolute Gasteiger partial charge is 0.379 e. The average molecular weight is 334 g/mol. The number of halogens is 3. The molecule has 128 valence electrons. The Balaban J connectivity index is 1.86. The number of carbonyl (C=O) groups is 1. The zero-order valence-corrected chi connectivity index (χ0v) is 12.4. The van der Waals surface area contributed by atoms with E-state index in [0.717, 1.165) is 4.90 Å². The van der Waals surface area contributed by atoms with Gasteiger partial charge < -0.3 is 18.9 Å². The van der Waals surface area contributed by atoms with Crippen LogP contribution in [-0.4, -0.2) is 54.5 Å². The number of carbonyl (C=O) groups excluding carboxylic acids is 1. The molecule has 0 N–H and O–H groups in total. The lowest BCUT2D eigenvalue weighted by Gasteiger charge is -2.34. The van der Waals surface area contributed by atoms with Crippen LogP contribution in [0.3, 0.4) is 0 Å². The van der Waals surface area contributed by atoms with Gasteiger partial charge in [0.1, 0.15) is 12.3 Å². The molecule has 3 rings (SSSR count). The van der Waals surface area contributed by atoms with E-state index in [-0.39, 0.29) is 18.9 Å². The Hall–Kier alpha value is -1.61. The number of ether oxygens (including phenoxy) is 2. The van der Waals surface area contributed by atoms with Crippen LogP contribution in [0.1, 0.15) is 34.7 Å². The monoisotopic (exact) mass is 334 g/mol. The summed E-state index contributed by atoms with van der Waals surface area (Å²) in [5.41, 5.74) is 0.361. The zero-order valence-electron chi connectivity index (χ0n) is 12.4. The van der Waals surface area contributed by atoms with Crippen LogP contribution in [-0.2, 0) is 22.5 Å². The number of aromatic nitrogens is 1. The molecule has 1 saturated heterocycles. The van der Waals surface area contributed by atoms with Crippen molar-refractivity contribution in [2.45, 2.75) is 38.1 Å². The Kier molecular flexibility index (Phi) is 4.58. The molecule has 1 atom stereocenters. The topological polar surface area (TPSA) is 64.8 Å². The van der Waals surface area contributed by atoms with Gasteiger partial charge in [-0.05, 0) is 12.8 Å². The van der Waals surface area contributed by atoms with Crippen LogP contribution in [0.25, 0.3) is 0 Å². The first-order chi connectivity index (χ1) is 11.0. The second kappa shape index (κ2) is 6.48. The second-order valence-electron chi connectivity index (χ2n) is 5.65. The molecule has 9 heteroatoms. The van der Waals surface area contributed by atoms with E-state index in [1.807, 2.05) is 0 Å². The zero-order chi connectivity index (χ0) is 16.4. The summed E-state index contributed by atoms with van der Waals surface area (Å²) in [6.07, 6.45) is -2.94. The van der Waals surface area contributed by atoms with Gasteiger partial charge >= 0.3 is 6.18 Å². The standard InChI is InChI=1S/C14H17F3N2O4/c15-14(16,17)8-19(9-2-1-4-21-6-9)13(20)12-10-7-22-5-3-11(10)23-18-12/h9H,1-8H2. The van der Waals surface area contributed by atoms with Crippen molar-refractivity contribution in [3.05, 3.63) is 17.0 Å². The van der Waals surface area contributed by atoms with Crippen molar-refractivity contribution in [3.8, 4) is 0 Å². The fraction of sp³-hybridized carbons (Fsp3) is 0.714. The molecule has 0 saturated carbocycles. The summed E-state index contributed by atoms with van der Waals surface area (Å²) in [5.74, 6) is -0.278. The van der Waals surface area contributed by atoms with Crippen LogP contribution in [0.5, 0.6) is 0 Å². The van der Waals surface area contributed by atoms with Crippen molar-refractivity contribution in [1.82, 2.24) is 10.1 Å². The molecular weight excluding hydrogens is 317 g/mol. The van der Waals surface area contributed by atoms with Crippen LogP contribution < -0.4 is 0 Å². The molecule has 1 aromatic rings. The predicted molar refractivity (Wildman–Crippen MR) is 70.8 cm³/mol. The minimum Gasteiger partial charge on any atom is -0.379 e. The molecule has 0 radical (unpaired) electrons. The van der Waals surface area contributed by atoms with E-state index < -0.39 is 24.7 Å². The van der Waals surface area contributed by atoms with Gasteiger partial charge in [0, 0.05) is 13.0 Å². The Bertz CT molecular complexity index is 567. The van der Waals surface area contributed by atoms with Crippen molar-refractivity contribution in [3.63, 3.8) is 0 Å². The summed E-state index contributed by atoms with van der Waals surface area (Å²) in [5, 5.41) is 3.69. The molecule has 2 aliphatic heterocycles. The van der Waals surface area contributed by atoms with E-state index in [9.17, 15) is 18.0 Å². The first-order valence-electron chi connectivity index (χ1n) is 7.46. The van der Waals surface area contributed by atoms with Crippen LogP contribution in [0, 0.1) is 0 Å². The highest BCUT2D eigenvalue weighted by Crippen LogP contribution is 2.26. The van der Waals surface area contributed by atoms with Crippen LogP contribution in [0.4, 0.5) is 13.2 Å². The first kappa shape index (κ1) is 16.3. The Labute approximate surface area is 130 Å². The maximum atomic E-state index is 12.9. The summed E-state index contributed by atoms with van der Waals surface area (Å²) >= 11 is 0. The lowest BCUT2D eigenvalue weighted by molar-refractivity contribution is -0.148. The number of alkyl halides is 3. The average Bonchev–Trinajstić information content (AvgIpc) is 2.96. The molecule has 0 aliphatic carbocycles. The van der Waals surface area contributed by atoms with Gasteiger partial charge in [0.15, 0.2) is 5.69 Å². The molecule has 0 spiro atoms. The largest absolute Gasteiger partial charge is 0.406 e. The molecular formula is C14H17F3N2O4. The third-order valence-electron chi connectivity index (χ3n) is 3.98. The fourth-order valence-electron chi connectivity index (χ4n) is 2.86. The van der Waals surface area contributed by atoms with Crippen molar-refractivity contribution in [2.75, 3.05) is 26.4 Å². The van der Waals surface area contributed by atoms with Crippen molar-refractivity contribution < 1.29 is 32.0 Å². The number of amides is 1. The Morgan fingerprint density at radius 3 is 2.83 bits per heavy atom. The number of nitrogens with zero attached hydrogens (tertiary/aromatic N) is 2. The lowest BCUT2D eigenvalue weighted by Crippen LogP contribution is -2.49. The van der Waals surface area contributed by atoms with Crippen molar-refractivity contribution >= 4 is 5.91 Å². The van der Waals surface area contributed by atoms with Gasteiger partial charge in [-0.2, -0.15) is 13.2 Å². The van der Waals surface area contributed by atoms with E-state index in [1.54, 1.807) is 0 Å². The maximum absolute atomic E-state index is 12.9. The minimum atomic E-state index is -4.49. The van der Waals surface area contributed by atoms with E-state index in [0.29, 0.717) is 43.8 Å². The van der Waals surface area contributed by atoms with Crippen LogP contribution in [0.2, 0.25) is 0 Å². The molecule has 1 unspecified atom stereocenters. The quantitative estimate of drug-likeness (QED) is 0.845. The van der Waals surface area contributed by atoms with Gasteiger partial charge in [-0.15, -0.1) is 0 Å². The number of fused-ring (bicyclic) bond motifs is 1. The third kappa shape index (κ3) is 3.66. The first-order valence-corrected chi connectivity index (χ1v) is 7.46. The Morgan fingerprint density at radius 2 is 2.13 bits per heavy atom. The highest BCUT2D eigenvalue weighted by molar-refractivity contribution is 5.94. The normalized spacial score (nSPS) is 21.8. The molecule has 1 fully saturated rings. The van der Waals surface area contributed by atoms with E-state index >= 15 is 0 Å². The van der Waals surface area contributed by atoms with E-state index in [2.05, 4.69) is 5.16 Å². The summed E-state index contributed by atoms with van der Waals surface area (Å²) < 4.78 is 54.3. The molecule has 1 aromatic heterocycles. The third-order valence-corrected chi connectivity index (χ3v) is 3.98. The second-order valence-corrected chi connectivity index (χ2v) is 5.65. The SMILES string of the molecule is O=C(c1noc2c1COCC2)N(CC(F)(F)F)C1CCCOC1. The van der Waals surface area contributed by atoms with Gasteiger partial charge in [0.25, 0.3) is 5.91 Å². The predicted octanol–water partition coefficient (Wildman–Crippen LogP) is 1.93. The molecule has 0 aromatic carbocycles. The van der Waals surface area contributed by atoms with Crippen LogP contribution in [0.15, 0.2) is 4.52 Å². The molecule has 0 bridgehead atoms. The highest BCUT2D eigenvalue weighted by Gasteiger charge is 2.39. The van der Waals surface area contributed by atoms with E-state index in [4.69, 9.17) is 14.0 Å². The van der Waals surface area contributed by atoms with Crippen molar-refractivity contribution in [1.29, 1.82) is 0 Å². The maximum Gasteiger partial charge on any atom is 0.406 e. The number of rotatable bonds is 3.